The predicted molar refractivity (Wildman–Crippen MR) is 44.0 cm³/mol. The molecule has 0 spiro atoms. The normalized spacial score (nSPS) is 9.55. The fourth-order valence-electron chi connectivity index (χ4n) is 1.17. The highest BCUT2D eigenvalue weighted by Crippen LogP contribution is 2.15. The lowest BCUT2D eigenvalue weighted by Crippen LogP contribution is -1.99. The molecule has 1 heterocycles. The van der Waals surface area contributed by atoms with Gasteiger partial charge in [-0.25, -0.2) is 0 Å². The van der Waals surface area contributed by atoms with Gasteiger partial charge in [-0.2, -0.15) is 5.26 Å². The molecule has 0 aromatic carbocycles. The van der Waals surface area contributed by atoms with Crippen molar-refractivity contribution in [1.29, 1.82) is 5.26 Å². The quantitative estimate of drug-likeness (QED) is 0.653. The molecule has 0 fully saturated rings. The Morgan fingerprint density at radius 3 is 2.73 bits per heavy atom. The molecule has 1 aromatic heterocycles. The van der Waals surface area contributed by atoms with Crippen molar-refractivity contribution in [3.8, 4) is 6.07 Å². The van der Waals surface area contributed by atoms with Crippen LogP contribution in [0, 0.1) is 18.3 Å². The SMILES string of the molecule is CCn1c(C#N)cc(N)c1C. The molecule has 0 aliphatic rings. The predicted octanol–water partition coefficient (Wildman–Crippen LogP) is 1.27. The third kappa shape index (κ3) is 1.07. The maximum absolute atomic E-state index is 8.66. The molecule has 0 amide bonds. The van der Waals surface area contributed by atoms with E-state index in [0.717, 1.165) is 12.2 Å². The maximum Gasteiger partial charge on any atom is 0.122 e. The second-order valence-electron chi connectivity index (χ2n) is 2.43. The number of hydrogen-bond donors (Lipinski definition) is 1. The van der Waals surface area contributed by atoms with Crippen LogP contribution >= 0.6 is 0 Å². The van der Waals surface area contributed by atoms with Gasteiger partial charge in [0.1, 0.15) is 11.8 Å². The molecule has 3 heteroatoms. The van der Waals surface area contributed by atoms with E-state index in [0.29, 0.717) is 11.4 Å². The molecule has 0 aliphatic heterocycles. The smallest absolute Gasteiger partial charge is 0.122 e. The average Bonchev–Trinajstić information content (AvgIpc) is 2.28. The summed E-state index contributed by atoms with van der Waals surface area (Å²) in [6.45, 7) is 4.71. The van der Waals surface area contributed by atoms with Crippen molar-refractivity contribution in [2.45, 2.75) is 20.4 Å². The molecule has 0 unspecified atom stereocenters. The summed E-state index contributed by atoms with van der Waals surface area (Å²) in [4.78, 5) is 0. The van der Waals surface area contributed by atoms with Crippen LogP contribution < -0.4 is 5.73 Å². The van der Waals surface area contributed by atoms with Crippen molar-refractivity contribution < 1.29 is 0 Å². The molecule has 0 saturated heterocycles. The molecule has 0 saturated carbocycles. The summed E-state index contributed by atoms with van der Waals surface area (Å²) < 4.78 is 1.90. The van der Waals surface area contributed by atoms with E-state index >= 15 is 0 Å². The first-order chi connectivity index (χ1) is 5.20. The molecule has 1 aromatic rings. The lowest BCUT2D eigenvalue weighted by Gasteiger charge is -2.01. The number of nitrogens with zero attached hydrogens (tertiary/aromatic N) is 2. The Balaban J connectivity index is 3.29. The van der Waals surface area contributed by atoms with E-state index in [9.17, 15) is 0 Å². The second-order valence-corrected chi connectivity index (χ2v) is 2.43. The minimum Gasteiger partial charge on any atom is -0.397 e. The van der Waals surface area contributed by atoms with Crippen LogP contribution in [0.1, 0.15) is 18.3 Å². The Hall–Kier alpha value is -1.43. The van der Waals surface area contributed by atoms with Crippen LogP contribution in [-0.4, -0.2) is 4.57 Å². The highest BCUT2D eigenvalue weighted by Gasteiger charge is 2.05. The summed E-state index contributed by atoms with van der Waals surface area (Å²) in [6, 6.07) is 3.80. The van der Waals surface area contributed by atoms with E-state index in [1.807, 2.05) is 18.4 Å². The number of nitriles is 1. The molecule has 2 N–H and O–H groups in total. The van der Waals surface area contributed by atoms with Crippen molar-refractivity contribution in [2.75, 3.05) is 5.73 Å². The molecule has 0 atom stereocenters. The zero-order valence-electron chi connectivity index (χ0n) is 6.76. The van der Waals surface area contributed by atoms with Crippen LogP contribution in [0.15, 0.2) is 6.07 Å². The largest absolute Gasteiger partial charge is 0.397 e. The molecule has 58 valence electrons. The zero-order chi connectivity index (χ0) is 8.43. The van der Waals surface area contributed by atoms with Crippen molar-refractivity contribution in [2.24, 2.45) is 0 Å². The van der Waals surface area contributed by atoms with Crippen molar-refractivity contribution in [1.82, 2.24) is 4.57 Å². The van der Waals surface area contributed by atoms with E-state index in [2.05, 4.69) is 6.07 Å². The number of nitrogens with two attached hydrogens (primary N) is 1. The minimum atomic E-state index is 0.641. The van der Waals surface area contributed by atoms with Gasteiger partial charge in [0.25, 0.3) is 0 Å². The Kier molecular flexibility index (Phi) is 1.86. The number of rotatable bonds is 1. The first kappa shape index (κ1) is 7.67. The molecule has 3 nitrogen and oxygen atoms in total. The zero-order valence-corrected chi connectivity index (χ0v) is 6.76. The second kappa shape index (κ2) is 2.67. The first-order valence-corrected chi connectivity index (χ1v) is 3.56. The molecule has 0 bridgehead atoms. The highest BCUT2D eigenvalue weighted by molar-refractivity contribution is 5.49. The molecular weight excluding hydrogens is 138 g/mol. The molecule has 11 heavy (non-hydrogen) atoms. The average molecular weight is 149 g/mol. The number of aromatic nitrogens is 1. The standard InChI is InChI=1S/C8H11N3/c1-3-11-6(2)8(10)4-7(11)5-9/h4H,3,10H2,1-2H3. The fraction of sp³-hybridized carbons (Fsp3) is 0.375. The fourth-order valence-corrected chi connectivity index (χ4v) is 1.17. The van der Waals surface area contributed by atoms with Gasteiger partial charge in [-0.3, -0.25) is 0 Å². The topological polar surface area (TPSA) is 54.7 Å². The number of hydrogen-bond acceptors (Lipinski definition) is 2. The van der Waals surface area contributed by atoms with Gasteiger partial charge >= 0.3 is 0 Å². The molecular formula is C8H11N3. The Morgan fingerprint density at radius 2 is 2.36 bits per heavy atom. The van der Waals surface area contributed by atoms with Crippen LogP contribution in [-0.2, 0) is 6.54 Å². The lowest BCUT2D eigenvalue weighted by molar-refractivity contribution is 0.733. The Labute approximate surface area is 66.0 Å². The van der Waals surface area contributed by atoms with Crippen LogP contribution in [0.25, 0.3) is 0 Å². The van der Waals surface area contributed by atoms with Gasteiger partial charge < -0.3 is 10.3 Å². The van der Waals surface area contributed by atoms with Gasteiger partial charge in [0.2, 0.25) is 0 Å². The van der Waals surface area contributed by atoms with E-state index in [1.54, 1.807) is 6.07 Å². The number of anilines is 1. The minimum absolute atomic E-state index is 0.641. The molecule has 1 rings (SSSR count). The van der Waals surface area contributed by atoms with Gasteiger partial charge in [0.15, 0.2) is 0 Å². The van der Waals surface area contributed by atoms with Crippen LogP contribution in [0.2, 0.25) is 0 Å². The van der Waals surface area contributed by atoms with Gasteiger partial charge in [-0.05, 0) is 19.9 Å². The van der Waals surface area contributed by atoms with Crippen molar-refractivity contribution in [3.63, 3.8) is 0 Å². The summed E-state index contributed by atoms with van der Waals surface area (Å²) in [5.41, 5.74) is 7.94. The van der Waals surface area contributed by atoms with Gasteiger partial charge in [0.05, 0.1) is 5.69 Å². The van der Waals surface area contributed by atoms with E-state index in [4.69, 9.17) is 11.0 Å². The van der Waals surface area contributed by atoms with Gasteiger partial charge in [0, 0.05) is 12.2 Å². The van der Waals surface area contributed by atoms with Crippen LogP contribution in [0.5, 0.6) is 0 Å². The number of nitrogen functional groups attached to an aromatic ring is 1. The van der Waals surface area contributed by atoms with Gasteiger partial charge in [-0.1, -0.05) is 0 Å². The highest BCUT2D eigenvalue weighted by atomic mass is 15.0. The molecule has 0 aliphatic carbocycles. The Morgan fingerprint density at radius 1 is 1.73 bits per heavy atom. The van der Waals surface area contributed by atoms with Crippen molar-refractivity contribution in [3.05, 3.63) is 17.5 Å². The summed E-state index contributed by atoms with van der Waals surface area (Å²) >= 11 is 0. The van der Waals surface area contributed by atoms with Gasteiger partial charge in [-0.15, -0.1) is 0 Å². The lowest BCUT2D eigenvalue weighted by atomic mass is 10.4. The Bertz CT molecular complexity index is 304. The van der Waals surface area contributed by atoms with E-state index in [1.165, 1.54) is 0 Å². The summed E-state index contributed by atoms with van der Waals surface area (Å²) in [7, 11) is 0. The maximum atomic E-state index is 8.66. The van der Waals surface area contributed by atoms with Crippen molar-refractivity contribution >= 4 is 5.69 Å². The summed E-state index contributed by atoms with van der Waals surface area (Å²) in [5.74, 6) is 0. The van der Waals surface area contributed by atoms with E-state index < -0.39 is 0 Å². The third-order valence-corrected chi connectivity index (χ3v) is 1.84. The van der Waals surface area contributed by atoms with E-state index in [-0.39, 0.29) is 0 Å². The molecule has 0 radical (unpaired) electrons. The van der Waals surface area contributed by atoms with Crippen LogP contribution in [0.3, 0.4) is 0 Å². The summed E-state index contributed by atoms with van der Waals surface area (Å²) in [6.07, 6.45) is 0. The first-order valence-electron chi connectivity index (χ1n) is 3.56. The van der Waals surface area contributed by atoms with Crippen LogP contribution in [0.4, 0.5) is 5.69 Å². The summed E-state index contributed by atoms with van der Waals surface area (Å²) in [5, 5.41) is 8.66. The monoisotopic (exact) mass is 149 g/mol. The third-order valence-electron chi connectivity index (χ3n) is 1.84.